The van der Waals surface area contributed by atoms with E-state index in [1.54, 1.807) is 5.01 Å². The quantitative estimate of drug-likeness (QED) is 0.541. The summed E-state index contributed by atoms with van der Waals surface area (Å²) < 4.78 is 14.3. The molecule has 0 aromatic heterocycles. The molecule has 30 heavy (non-hydrogen) atoms. The average molecular weight is 464 g/mol. The van der Waals surface area contributed by atoms with Gasteiger partial charge in [-0.3, -0.25) is 14.6 Å². The van der Waals surface area contributed by atoms with Crippen LogP contribution in [-0.2, 0) is 9.59 Å². The van der Waals surface area contributed by atoms with Crippen molar-refractivity contribution >= 4 is 44.8 Å². The Labute approximate surface area is 180 Å². The van der Waals surface area contributed by atoms with E-state index in [2.05, 4.69) is 15.9 Å². The van der Waals surface area contributed by atoms with Crippen LogP contribution in [0.5, 0.6) is 0 Å². The number of hydrogen-bond donors (Lipinski definition) is 0. The molecule has 0 spiro atoms. The van der Waals surface area contributed by atoms with Gasteiger partial charge in [-0.15, -0.1) is 0 Å². The smallest absolute Gasteiger partial charge is 0.259 e. The second-order valence-corrected chi connectivity index (χ2v) is 8.00. The predicted octanol–water partition coefficient (Wildman–Crippen LogP) is 4.37. The Morgan fingerprint density at radius 3 is 2.13 bits per heavy atom. The second kappa shape index (κ2) is 7.18. The maximum absolute atomic E-state index is 13.4. The van der Waals surface area contributed by atoms with E-state index in [9.17, 15) is 14.0 Å². The molecule has 148 valence electrons. The van der Waals surface area contributed by atoms with Gasteiger partial charge in [-0.1, -0.05) is 46.3 Å². The molecule has 1 fully saturated rings. The van der Waals surface area contributed by atoms with Gasteiger partial charge in [0.05, 0.1) is 17.1 Å². The van der Waals surface area contributed by atoms with Crippen LogP contribution in [0.4, 0.5) is 15.8 Å². The number of fused-ring (bicyclic) bond motifs is 1. The molecule has 7 heteroatoms. The maximum Gasteiger partial charge on any atom is 0.259 e. The summed E-state index contributed by atoms with van der Waals surface area (Å²) in [5.74, 6) is -1.92. The van der Waals surface area contributed by atoms with Gasteiger partial charge in [-0.25, -0.2) is 9.29 Å². The highest BCUT2D eigenvalue weighted by atomic mass is 79.9. The fraction of sp³-hybridized carbons (Fsp3) is 0.0870. The Morgan fingerprint density at radius 2 is 1.47 bits per heavy atom. The largest absolute Gasteiger partial charge is 0.273 e. The summed E-state index contributed by atoms with van der Waals surface area (Å²) in [6, 6.07) is 21.3. The van der Waals surface area contributed by atoms with Crippen LogP contribution in [0.2, 0.25) is 0 Å². The maximum atomic E-state index is 13.4. The van der Waals surface area contributed by atoms with E-state index in [-0.39, 0.29) is 11.8 Å². The van der Waals surface area contributed by atoms with Crippen LogP contribution in [-0.4, -0.2) is 23.6 Å². The molecule has 5 rings (SSSR count). The Morgan fingerprint density at radius 1 is 0.800 bits per heavy atom. The zero-order chi connectivity index (χ0) is 20.8. The lowest BCUT2D eigenvalue weighted by Gasteiger charge is -2.22. The van der Waals surface area contributed by atoms with Crippen molar-refractivity contribution in [3.8, 4) is 0 Å². The van der Waals surface area contributed by atoms with Crippen LogP contribution in [0.25, 0.3) is 0 Å². The van der Waals surface area contributed by atoms with Gasteiger partial charge in [0.15, 0.2) is 0 Å². The summed E-state index contributed by atoms with van der Waals surface area (Å²) in [7, 11) is 0. The Bertz CT molecular complexity index is 1160. The molecule has 0 radical (unpaired) electrons. The van der Waals surface area contributed by atoms with Crippen molar-refractivity contribution in [2.75, 3.05) is 9.91 Å². The first-order chi connectivity index (χ1) is 14.5. The summed E-state index contributed by atoms with van der Waals surface area (Å²) in [5.41, 5.74) is 2.39. The molecule has 0 saturated carbocycles. The van der Waals surface area contributed by atoms with Gasteiger partial charge in [-0.05, 0) is 54.1 Å². The molecule has 2 aliphatic rings. The molecular weight excluding hydrogens is 449 g/mol. The van der Waals surface area contributed by atoms with Gasteiger partial charge in [0.25, 0.3) is 5.91 Å². The molecule has 2 unspecified atom stereocenters. The van der Waals surface area contributed by atoms with Crippen molar-refractivity contribution in [3.63, 3.8) is 0 Å². The fourth-order valence-electron chi connectivity index (χ4n) is 3.91. The van der Waals surface area contributed by atoms with Crippen molar-refractivity contribution in [1.29, 1.82) is 0 Å². The van der Waals surface area contributed by atoms with Gasteiger partial charge >= 0.3 is 0 Å². The number of anilines is 2. The van der Waals surface area contributed by atoms with Gasteiger partial charge < -0.3 is 0 Å². The Hall–Kier alpha value is -3.32. The van der Waals surface area contributed by atoms with Crippen molar-refractivity contribution in [2.24, 2.45) is 11.0 Å². The minimum absolute atomic E-state index is 0.351. The Kier molecular flexibility index (Phi) is 4.47. The van der Waals surface area contributed by atoms with Crippen molar-refractivity contribution < 1.29 is 14.0 Å². The van der Waals surface area contributed by atoms with Crippen LogP contribution >= 0.6 is 15.9 Å². The lowest BCUT2D eigenvalue weighted by molar-refractivity contribution is -0.121. The summed E-state index contributed by atoms with van der Waals surface area (Å²) >= 11 is 3.42. The van der Waals surface area contributed by atoms with E-state index in [4.69, 9.17) is 5.10 Å². The molecule has 0 aliphatic carbocycles. The van der Waals surface area contributed by atoms with Crippen LogP contribution in [0.3, 0.4) is 0 Å². The molecule has 1 saturated heterocycles. The van der Waals surface area contributed by atoms with Gasteiger partial charge in [0, 0.05) is 4.47 Å². The van der Waals surface area contributed by atoms with Crippen LogP contribution in [0.1, 0.15) is 5.56 Å². The number of carbonyl (C=O) groups excluding carboxylic acids is 2. The molecule has 0 bridgehead atoms. The molecule has 2 heterocycles. The van der Waals surface area contributed by atoms with Gasteiger partial charge in [-0.2, -0.15) is 5.10 Å². The highest BCUT2D eigenvalue weighted by molar-refractivity contribution is 9.10. The second-order valence-electron chi connectivity index (χ2n) is 7.08. The first kappa shape index (κ1) is 18.7. The number of hydrazone groups is 1. The van der Waals surface area contributed by atoms with Crippen molar-refractivity contribution in [1.82, 2.24) is 0 Å². The summed E-state index contributed by atoms with van der Waals surface area (Å²) in [6.45, 7) is 0. The molecule has 3 aromatic rings. The number of para-hydroxylation sites is 1. The van der Waals surface area contributed by atoms with E-state index in [0.717, 1.165) is 20.6 Å². The highest BCUT2D eigenvalue weighted by Crippen LogP contribution is 2.39. The first-order valence-corrected chi connectivity index (χ1v) is 10.2. The SMILES string of the molecule is O=C1C2C(c3ccc(Br)cc3)=NN(c3ccccc3)C2C(=O)N1c1ccc(F)cc1. The molecule has 2 atom stereocenters. The van der Waals surface area contributed by atoms with E-state index in [1.165, 1.54) is 24.3 Å². The Balaban J connectivity index is 1.63. The molecule has 2 aliphatic heterocycles. The fourth-order valence-corrected chi connectivity index (χ4v) is 4.18. The predicted molar refractivity (Wildman–Crippen MR) is 116 cm³/mol. The zero-order valence-electron chi connectivity index (χ0n) is 15.6. The summed E-state index contributed by atoms with van der Waals surface area (Å²) in [6.07, 6.45) is 0. The summed E-state index contributed by atoms with van der Waals surface area (Å²) in [4.78, 5) is 27.9. The van der Waals surface area contributed by atoms with E-state index < -0.39 is 17.8 Å². The lowest BCUT2D eigenvalue weighted by atomic mass is 9.93. The minimum atomic E-state index is -0.788. The van der Waals surface area contributed by atoms with Crippen molar-refractivity contribution in [3.05, 3.63) is 94.7 Å². The average Bonchev–Trinajstić information content (AvgIpc) is 3.27. The third kappa shape index (κ3) is 2.93. The van der Waals surface area contributed by atoms with E-state index in [0.29, 0.717) is 11.4 Å². The number of halogens is 2. The monoisotopic (exact) mass is 463 g/mol. The number of imide groups is 1. The number of amides is 2. The summed E-state index contributed by atoms with van der Waals surface area (Å²) in [5, 5.41) is 6.31. The number of hydrogen-bond acceptors (Lipinski definition) is 4. The van der Waals surface area contributed by atoms with E-state index in [1.807, 2.05) is 54.6 Å². The highest BCUT2D eigenvalue weighted by Gasteiger charge is 2.57. The number of carbonyl (C=O) groups is 2. The lowest BCUT2D eigenvalue weighted by Crippen LogP contribution is -2.39. The third-order valence-electron chi connectivity index (χ3n) is 5.29. The van der Waals surface area contributed by atoms with Crippen molar-refractivity contribution in [2.45, 2.75) is 6.04 Å². The topological polar surface area (TPSA) is 53.0 Å². The molecule has 5 nitrogen and oxygen atoms in total. The van der Waals surface area contributed by atoms with Crippen LogP contribution < -0.4 is 9.91 Å². The van der Waals surface area contributed by atoms with E-state index >= 15 is 0 Å². The zero-order valence-corrected chi connectivity index (χ0v) is 17.2. The number of rotatable bonds is 3. The number of benzene rings is 3. The minimum Gasteiger partial charge on any atom is -0.273 e. The van der Waals surface area contributed by atoms with Gasteiger partial charge in [0.2, 0.25) is 5.91 Å². The normalized spacial score (nSPS) is 20.5. The first-order valence-electron chi connectivity index (χ1n) is 9.37. The van der Waals surface area contributed by atoms with Crippen LogP contribution in [0, 0.1) is 11.7 Å². The molecule has 0 N–H and O–H groups in total. The van der Waals surface area contributed by atoms with Gasteiger partial charge in [0.1, 0.15) is 17.8 Å². The third-order valence-corrected chi connectivity index (χ3v) is 5.82. The number of nitrogens with zero attached hydrogens (tertiary/aromatic N) is 3. The van der Waals surface area contributed by atoms with Crippen LogP contribution in [0.15, 0.2) is 88.4 Å². The molecule has 2 amide bonds. The molecular formula is C23H15BrFN3O2. The standard InChI is InChI=1S/C23H15BrFN3O2/c24-15-8-6-14(7-9-15)20-19-21(28(26-20)18-4-2-1-3-5-18)23(30)27(22(19)29)17-12-10-16(25)11-13-17/h1-13,19,21H. The molecule has 3 aromatic carbocycles.